The number of nitrogens with two attached hydrogens (primary N) is 1. The van der Waals surface area contributed by atoms with Crippen molar-refractivity contribution in [3.05, 3.63) is 59.2 Å². The van der Waals surface area contributed by atoms with E-state index in [2.05, 4.69) is 0 Å². The van der Waals surface area contributed by atoms with E-state index in [1.807, 2.05) is 6.92 Å². The van der Waals surface area contributed by atoms with Crippen LogP contribution in [0.3, 0.4) is 0 Å². The molecule has 2 amide bonds. The average molecular weight is 289 g/mol. The molecule has 0 saturated heterocycles. The Morgan fingerprint density at radius 2 is 1.50 bits per heavy atom. The first-order chi connectivity index (χ1) is 9.09. The number of hydrogen-bond acceptors (Lipinski definition) is 3. The lowest BCUT2D eigenvalue weighted by Gasteiger charge is -2.16. The van der Waals surface area contributed by atoms with Crippen LogP contribution in [-0.2, 0) is 0 Å². The summed E-state index contributed by atoms with van der Waals surface area (Å²) in [4.78, 5) is 25.8. The highest BCUT2D eigenvalue weighted by Crippen LogP contribution is 2.31. The van der Waals surface area contributed by atoms with Crippen LogP contribution in [0.4, 0.5) is 11.4 Å². The molecule has 0 unspecified atom stereocenters. The second kappa shape index (κ2) is 4.98. The predicted octanol–water partition coefficient (Wildman–Crippen LogP) is 2.80. The van der Waals surface area contributed by atoms with Gasteiger partial charge in [-0.1, -0.05) is 12.1 Å². The van der Waals surface area contributed by atoms with E-state index in [9.17, 15) is 9.59 Å². The van der Waals surface area contributed by atoms with Crippen LogP contribution in [-0.4, -0.2) is 11.8 Å². The van der Waals surface area contributed by atoms with Crippen LogP contribution in [0.25, 0.3) is 0 Å². The number of amides is 2. The van der Waals surface area contributed by atoms with Gasteiger partial charge in [0.15, 0.2) is 0 Å². The first-order valence-corrected chi connectivity index (χ1v) is 5.93. The quantitative estimate of drug-likeness (QED) is 0.648. The molecule has 2 aromatic carbocycles. The number of nitrogens with zero attached hydrogens (tertiary/aromatic N) is 1. The molecule has 0 saturated carbocycles. The Balaban J connectivity index is 0.00000147. The molecule has 1 aliphatic rings. The predicted molar refractivity (Wildman–Crippen MR) is 80.4 cm³/mol. The fourth-order valence-corrected chi connectivity index (χ4v) is 2.34. The van der Waals surface area contributed by atoms with Gasteiger partial charge in [0.1, 0.15) is 0 Å². The Bertz CT molecular complexity index is 678. The molecule has 0 bridgehead atoms. The van der Waals surface area contributed by atoms with Crippen molar-refractivity contribution in [2.75, 3.05) is 10.6 Å². The van der Waals surface area contributed by atoms with Crippen LogP contribution in [0, 0.1) is 6.92 Å². The van der Waals surface area contributed by atoms with E-state index in [0.29, 0.717) is 22.5 Å². The highest BCUT2D eigenvalue weighted by atomic mass is 35.5. The number of imide groups is 1. The van der Waals surface area contributed by atoms with Crippen LogP contribution < -0.4 is 10.6 Å². The molecule has 2 aromatic rings. The summed E-state index contributed by atoms with van der Waals surface area (Å²) in [6.45, 7) is 1.83. The van der Waals surface area contributed by atoms with E-state index in [1.54, 1.807) is 42.5 Å². The minimum atomic E-state index is -0.284. The number of anilines is 2. The molecule has 1 heterocycles. The van der Waals surface area contributed by atoms with Gasteiger partial charge in [-0.15, -0.1) is 12.4 Å². The lowest BCUT2D eigenvalue weighted by atomic mass is 10.1. The molecular formula is C15H13ClN2O2. The second-order valence-electron chi connectivity index (χ2n) is 4.54. The zero-order chi connectivity index (χ0) is 13.6. The highest BCUT2D eigenvalue weighted by molar-refractivity contribution is 6.34. The molecule has 0 spiro atoms. The van der Waals surface area contributed by atoms with Gasteiger partial charge >= 0.3 is 0 Å². The normalized spacial score (nSPS) is 13.2. The number of carbonyl (C=O) groups excluding carboxylic acids is 2. The fourth-order valence-electron chi connectivity index (χ4n) is 2.34. The maximum atomic E-state index is 12.3. The number of aryl methyl sites for hydroxylation is 1. The third kappa shape index (κ3) is 1.94. The molecule has 0 radical (unpaired) electrons. The topological polar surface area (TPSA) is 63.4 Å². The fraction of sp³-hybridized carbons (Fsp3) is 0.0667. The second-order valence-corrected chi connectivity index (χ2v) is 4.54. The first-order valence-electron chi connectivity index (χ1n) is 5.93. The van der Waals surface area contributed by atoms with Gasteiger partial charge in [-0.2, -0.15) is 0 Å². The lowest BCUT2D eigenvalue weighted by Crippen LogP contribution is -2.30. The van der Waals surface area contributed by atoms with Gasteiger partial charge in [0.05, 0.1) is 16.8 Å². The summed E-state index contributed by atoms with van der Waals surface area (Å²) in [6, 6.07) is 12.0. The van der Waals surface area contributed by atoms with E-state index in [1.165, 1.54) is 4.90 Å². The van der Waals surface area contributed by atoms with Crippen molar-refractivity contribution in [2.45, 2.75) is 6.92 Å². The van der Waals surface area contributed by atoms with Crippen LogP contribution >= 0.6 is 12.4 Å². The largest absolute Gasteiger partial charge is 0.399 e. The van der Waals surface area contributed by atoms with Gasteiger partial charge in [0.25, 0.3) is 11.8 Å². The van der Waals surface area contributed by atoms with Gasteiger partial charge in [-0.05, 0) is 42.8 Å². The van der Waals surface area contributed by atoms with Crippen molar-refractivity contribution >= 4 is 35.6 Å². The molecular weight excluding hydrogens is 276 g/mol. The average Bonchev–Trinajstić information content (AvgIpc) is 2.64. The summed E-state index contributed by atoms with van der Waals surface area (Å²) in [6.07, 6.45) is 0. The molecule has 2 N–H and O–H groups in total. The number of benzene rings is 2. The number of halogens is 1. The van der Waals surface area contributed by atoms with Gasteiger partial charge in [0, 0.05) is 5.69 Å². The maximum Gasteiger partial charge on any atom is 0.266 e. The van der Waals surface area contributed by atoms with Crippen molar-refractivity contribution in [1.29, 1.82) is 0 Å². The summed E-state index contributed by atoms with van der Waals surface area (Å²) in [7, 11) is 0. The Morgan fingerprint density at radius 1 is 0.950 bits per heavy atom. The molecule has 20 heavy (non-hydrogen) atoms. The Hall–Kier alpha value is -2.33. The van der Waals surface area contributed by atoms with Gasteiger partial charge in [0.2, 0.25) is 0 Å². The summed E-state index contributed by atoms with van der Waals surface area (Å²) in [5.74, 6) is -0.568. The van der Waals surface area contributed by atoms with E-state index in [0.717, 1.165) is 5.56 Å². The first kappa shape index (κ1) is 14.1. The van der Waals surface area contributed by atoms with Crippen LogP contribution in [0.15, 0.2) is 42.5 Å². The monoisotopic (exact) mass is 288 g/mol. The molecule has 0 aliphatic carbocycles. The smallest absolute Gasteiger partial charge is 0.266 e. The highest BCUT2D eigenvalue weighted by Gasteiger charge is 2.36. The van der Waals surface area contributed by atoms with Crippen LogP contribution in [0.2, 0.25) is 0 Å². The number of nitrogen functional groups attached to an aromatic ring is 1. The summed E-state index contributed by atoms with van der Waals surface area (Å²) >= 11 is 0. The Kier molecular flexibility index (Phi) is 3.51. The number of hydrogen-bond donors (Lipinski definition) is 1. The standard InChI is InChI=1S/C15H12N2O2.ClH/c1-9-8-10(16)6-7-13(9)17-14(18)11-4-2-3-5-12(11)15(17)19;/h2-8H,16H2,1H3;1H. The third-order valence-corrected chi connectivity index (χ3v) is 3.26. The van der Waals surface area contributed by atoms with Gasteiger partial charge < -0.3 is 5.73 Å². The number of rotatable bonds is 1. The van der Waals surface area contributed by atoms with Crippen molar-refractivity contribution in [2.24, 2.45) is 0 Å². The molecule has 3 rings (SSSR count). The van der Waals surface area contributed by atoms with Crippen molar-refractivity contribution in [3.8, 4) is 0 Å². The number of carbonyl (C=O) groups is 2. The SMILES string of the molecule is Cc1cc(N)ccc1N1C(=O)c2ccccc2C1=O.Cl. The number of fused-ring (bicyclic) bond motifs is 1. The van der Waals surface area contributed by atoms with E-state index < -0.39 is 0 Å². The zero-order valence-electron chi connectivity index (χ0n) is 10.8. The van der Waals surface area contributed by atoms with Gasteiger partial charge in [-0.3, -0.25) is 9.59 Å². The minimum absolute atomic E-state index is 0. The summed E-state index contributed by atoms with van der Waals surface area (Å²) in [5.41, 5.74) is 8.58. The van der Waals surface area contributed by atoms with Gasteiger partial charge in [-0.25, -0.2) is 4.90 Å². The molecule has 102 valence electrons. The van der Waals surface area contributed by atoms with Crippen molar-refractivity contribution in [1.82, 2.24) is 0 Å². The minimum Gasteiger partial charge on any atom is -0.399 e. The van der Waals surface area contributed by atoms with E-state index in [4.69, 9.17) is 5.73 Å². The molecule has 0 atom stereocenters. The Labute approximate surface area is 122 Å². The summed E-state index contributed by atoms with van der Waals surface area (Å²) < 4.78 is 0. The molecule has 0 fully saturated rings. The molecule has 1 aliphatic heterocycles. The third-order valence-electron chi connectivity index (χ3n) is 3.26. The Morgan fingerprint density at radius 3 is 2.00 bits per heavy atom. The lowest BCUT2D eigenvalue weighted by molar-refractivity contribution is 0.0926. The zero-order valence-corrected chi connectivity index (χ0v) is 11.6. The van der Waals surface area contributed by atoms with Crippen LogP contribution in [0.1, 0.15) is 26.3 Å². The summed E-state index contributed by atoms with van der Waals surface area (Å²) in [5, 5.41) is 0. The van der Waals surface area contributed by atoms with Crippen molar-refractivity contribution < 1.29 is 9.59 Å². The van der Waals surface area contributed by atoms with E-state index in [-0.39, 0.29) is 24.2 Å². The molecule has 0 aromatic heterocycles. The van der Waals surface area contributed by atoms with Crippen molar-refractivity contribution in [3.63, 3.8) is 0 Å². The maximum absolute atomic E-state index is 12.3. The van der Waals surface area contributed by atoms with Crippen LogP contribution in [0.5, 0.6) is 0 Å². The molecule has 5 heteroatoms. The molecule has 4 nitrogen and oxygen atoms in total. The van der Waals surface area contributed by atoms with E-state index >= 15 is 0 Å².